The van der Waals surface area contributed by atoms with E-state index in [0.29, 0.717) is 32.8 Å². The van der Waals surface area contributed by atoms with Crippen LogP contribution in [0.3, 0.4) is 0 Å². The summed E-state index contributed by atoms with van der Waals surface area (Å²) in [7, 11) is 0. The normalized spacial score (nSPS) is 15.9. The Kier molecular flexibility index (Phi) is 3.66. The first kappa shape index (κ1) is 10.8. The summed E-state index contributed by atoms with van der Waals surface area (Å²) in [6.45, 7) is 2.95. The van der Waals surface area contributed by atoms with Crippen LogP contribution in [0, 0.1) is 0 Å². The summed E-state index contributed by atoms with van der Waals surface area (Å²) < 4.78 is 5.17. The number of aromatic nitrogens is 2. The van der Waals surface area contributed by atoms with Gasteiger partial charge < -0.3 is 15.0 Å². The van der Waals surface area contributed by atoms with Crippen molar-refractivity contribution in [3.63, 3.8) is 0 Å². The summed E-state index contributed by atoms with van der Waals surface area (Å²) in [5, 5.41) is 2.81. The molecule has 0 aliphatic carbocycles. The van der Waals surface area contributed by atoms with E-state index in [1.165, 1.54) is 6.33 Å². The number of rotatable bonds is 2. The lowest BCUT2D eigenvalue weighted by Crippen LogP contribution is -2.45. The molecule has 0 spiro atoms. The lowest BCUT2D eigenvalue weighted by molar-refractivity contribution is 0.0531. The molecule has 2 amide bonds. The molecule has 1 aromatic rings. The van der Waals surface area contributed by atoms with Crippen molar-refractivity contribution in [1.29, 1.82) is 0 Å². The van der Waals surface area contributed by atoms with E-state index in [-0.39, 0.29) is 6.03 Å². The third kappa shape index (κ3) is 2.90. The summed E-state index contributed by atoms with van der Waals surface area (Å²) in [4.78, 5) is 21.3. The fourth-order valence-corrected chi connectivity index (χ4v) is 1.47. The Balaban J connectivity index is 1.79. The molecule has 0 radical (unpaired) electrons. The number of nitrogens with zero attached hydrogens (tertiary/aromatic N) is 3. The van der Waals surface area contributed by atoms with E-state index >= 15 is 0 Å². The third-order valence-electron chi connectivity index (χ3n) is 2.36. The molecule has 6 heteroatoms. The minimum absolute atomic E-state index is 0.0677. The number of ether oxygens (including phenoxy) is 1. The highest BCUT2D eigenvalue weighted by Gasteiger charge is 2.15. The van der Waals surface area contributed by atoms with Gasteiger partial charge in [0.15, 0.2) is 0 Å². The highest BCUT2D eigenvalue weighted by atomic mass is 16.5. The van der Waals surface area contributed by atoms with Crippen molar-refractivity contribution >= 4 is 6.03 Å². The van der Waals surface area contributed by atoms with Crippen molar-refractivity contribution in [3.05, 3.63) is 24.3 Å². The fourth-order valence-electron chi connectivity index (χ4n) is 1.47. The van der Waals surface area contributed by atoms with E-state index in [1.807, 2.05) is 0 Å². The SMILES string of the molecule is O=C(NCc1ccncn1)N1CCOCC1. The van der Waals surface area contributed by atoms with Crippen LogP contribution in [-0.2, 0) is 11.3 Å². The van der Waals surface area contributed by atoms with Gasteiger partial charge in [-0.25, -0.2) is 14.8 Å². The first-order chi connectivity index (χ1) is 7.86. The maximum Gasteiger partial charge on any atom is 0.317 e. The van der Waals surface area contributed by atoms with Crippen molar-refractivity contribution in [2.24, 2.45) is 0 Å². The van der Waals surface area contributed by atoms with Crippen LogP contribution in [-0.4, -0.2) is 47.2 Å². The van der Waals surface area contributed by atoms with Crippen molar-refractivity contribution < 1.29 is 9.53 Å². The van der Waals surface area contributed by atoms with Crippen molar-refractivity contribution in [3.8, 4) is 0 Å². The number of carbonyl (C=O) groups is 1. The van der Waals surface area contributed by atoms with Crippen LogP contribution in [0.25, 0.3) is 0 Å². The molecular formula is C10H14N4O2. The van der Waals surface area contributed by atoms with Crippen LogP contribution in [0.2, 0.25) is 0 Å². The number of nitrogens with one attached hydrogen (secondary N) is 1. The van der Waals surface area contributed by atoms with Crippen molar-refractivity contribution in [2.75, 3.05) is 26.3 Å². The Morgan fingerprint density at radius 3 is 3.00 bits per heavy atom. The van der Waals surface area contributed by atoms with Crippen molar-refractivity contribution in [1.82, 2.24) is 20.2 Å². The maximum atomic E-state index is 11.7. The monoisotopic (exact) mass is 222 g/mol. The molecule has 86 valence electrons. The van der Waals surface area contributed by atoms with Crippen molar-refractivity contribution in [2.45, 2.75) is 6.54 Å². The van der Waals surface area contributed by atoms with Gasteiger partial charge in [0.05, 0.1) is 25.5 Å². The Hall–Kier alpha value is -1.69. The van der Waals surface area contributed by atoms with E-state index < -0.39 is 0 Å². The van der Waals surface area contributed by atoms with Gasteiger partial charge in [-0.2, -0.15) is 0 Å². The maximum absolute atomic E-state index is 11.7. The van der Waals surface area contributed by atoms with Crippen LogP contribution in [0.15, 0.2) is 18.6 Å². The molecular weight excluding hydrogens is 208 g/mol. The molecule has 6 nitrogen and oxygen atoms in total. The lowest BCUT2D eigenvalue weighted by Gasteiger charge is -2.26. The van der Waals surface area contributed by atoms with E-state index in [4.69, 9.17) is 4.74 Å². The summed E-state index contributed by atoms with van der Waals surface area (Å²) in [5.41, 5.74) is 0.802. The molecule has 16 heavy (non-hydrogen) atoms. The van der Waals surface area contributed by atoms with E-state index in [2.05, 4.69) is 15.3 Å². The van der Waals surface area contributed by atoms with Crippen LogP contribution in [0.4, 0.5) is 4.79 Å². The second-order valence-electron chi connectivity index (χ2n) is 3.46. The average molecular weight is 222 g/mol. The number of amides is 2. The number of hydrogen-bond acceptors (Lipinski definition) is 4. The second-order valence-corrected chi connectivity index (χ2v) is 3.46. The summed E-state index contributed by atoms with van der Waals surface area (Å²) in [5.74, 6) is 0. The Morgan fingerprint density at radius 1 is 1.50 bits per heavy atom. The first-order valence-electron chi connectivity index (χ1n) is 5.21. The van der Waals surface area contributed by atoms with Gasteiger partial charge >= 0.3 is 6.03 Å². The zero-order valence-electron chi connectivity index (χ0n) is 8.93. The number of morpholine rings is 1. The smallest absolute Gasteiger partial charge is 0.317 e. The molecule has 0 aromatic carbocycles. The van der Waals surface area contributed by atoms with E-state index in [0.717, 1.165) is 5.69 Å². The van der Waals surface area contributed by atoms with E-state index in [9.17, 15) is 4.79 Å². The Morgan fingerprint density at radius 2 is 2.31 bits per heavy atom. The Labute approximate surface area is 93.6 Å². The van der Waals surface area contributed by atoms with Gasteiger partial charge in [0, 0.05) is 19.3 Å². The van der Waals surface area contributed by atoms with Gasteiger partial charge in [-0.3, -0.25) is 0 Å². The molecule has 0 atom stereocenters. The van der Waals surface area contributed by atoms with Gasteiger partial charge in [-0.15, -0.1) is 0 Å². The quantitative estimate of drug-likeness (QED) is 0.766. The molecule has 1 N–H and O–H groups in total. The van der Waals surface area contributed by atoms with Gasteiger partial charge in [0.25, 0.3) is 0 Å². The molecule has 1 fully saturated rings. The topological polar surface area (TPSA) is 67.4 Å². The van der Waals surface area contributed by atoms with Gasteiger partial charge in [0.1, 0.15) is 6.33 Å². The molecule has 0 saturated carbocycles. The minimum Gasteiger partial charge on any atom is -0.378 e. The zero-order chi connectivity index (χ0) is 11.2. The van der Waals surface area contributed by atoms with Crippen LogP contribution in [0.1, 0.15) is 5.69 Å². The molecule has 2 heterocycles. The summed E-state index contributed by atoms with van der Waals surface area (Å²) in [6, 6.07) is 1.71. The zero-order valence-corrected chi connectivity index (χ0v) is 8.93. The molecule has 1 aromatic heterocycles. The highest BCUT2D eigenvalue weighted by molar-refractivity contribution is 5.74. The largest absolute Gasteiger partial charge is 0.378 e. The van der Waals surface area contributed by atoms with Crippen LogP contribution < -0.4 is 5.32 Å². The van der Waals surface area contributed by atoms with Crippen LogP contribution >= 0.6 is 0 Å². The Bertz CT molecular complexity index is 338. The van der Waals surface area contributed by atoms with Crippen LogP contribution in [0.5, 0.6) is 0 Å². The predicted molar refractivity (Wildman–Crippen MR) is 56.7 cm³/mol. The predicted octanol–water partition coefficient (Wildman–Crippen LogP) is 0.0184. The minimum atomic E-state index is -0.0677. The molecule has 1 saturated heterocycles. The standard InChI is InChI=1S/C10H14N4O2/c15-10(14-3-5-16-6-4-14)12-7-9-1-2-11-8-13-9/h1-2,8H,3-7H2,(H,12,15). The number of carbonyl (C=O) groups excluding carboxylic acids is 1. The molecule has 0 unspecified atom stereocenters. The first-order valence-corrected chi connectivity index (χ1v) is 5.21. The number of urea groups is 1. The third-order valence-corrected chi connectivity index (χ3v) is 2.36. The van der Waals surface area contributed by atoms with Gasteiger partial charge in [-0.05, 0) is 6.07 Å². The fraction of sp³-hybridized carbons (Fsp3) is 0.500. The van der Waals surface area contributed by atoms with Gasteiger partial charge in [-0.1, -0.05) is 0 Å². The summed E-state index contributed by atoms with van der Waals surface area (Å²) >= 11 is 0. The number of hydrogen-bond donors (Lipinski definition) is 1. The molecule has 0 bridgehead atoms. The van der Waals surface area contributed by atoms with Gasteiger partial charge in [0.2, 0.25) is 0 Å². The average Bonchev–Trinajstić information content (AvgIpc) is 2.38. The second kappa shape index (κ2) is 5.41. The lowest BCUT2D eigenvalue weighted by atomic mass is 10.4. The molecule has 2 rings (SSSR count). The highest BCUT2D eigenvalue weighted by Crippen LogP contribution is 1.98. The molecule has 1 aliphatic heterocycles. The summed E-state index contributed by atoms with van der Waals surface area (Å²) in [6.07, 6.45) is 3.12. The van der Waals surface area contributed by atoms with E-state index in [1.54, 1.807) is 17.2 Å². The molecule has 1 aliphatic rings.